The number of sulfonamides is 1. The summed E-state index contributed by atoms with van der Waals surface area (Å²) in [6.07, 6.45) is 1.74. The number of carbonyl (C=O) groups excluding carboxylic acids is 1. The van der Waals surface area contributed by atoms with Crippen LogP contribution in [0.3, 0.4) is 0 Å². The molecule has 31 heavy (non-hydrogen) atoms. The Balaban J connectivity index is 1.51. The molecule has 1 aromatic heterocycles. The Morgan fingerprint density at radius 3 is 2.35 bits per heavy atom. The highest BCUT2D eigenvalue weighted by molar-refractivity contribution is 7.89. The van der Waals surface area contributed by atoms with Gasteiger partial charge < -0.3 is 9.84 Å². The Morgan fingerprint density at radius 1 is 1.06 bits per heavy atom. The Hall–Kier alpha value is -2.97. The number of anilines is 1. The molecule has 2 heterocycles. The molecular weight excluding hydrogens is 414 g/mol. The first-order valence-electron chi connectivity index (χ1n) is 10.3. The lowest BCUT2D eigenvalue weighted by atomic mass is 10.0. The zero-order valence-corrected chi connectivity index (χ0v) is 18.4. The average molecular weight is 440 g/mol. The van der Waals surface area contributed by atoms with Crippen LogP contribution < -0.4 is 5.32 Å². The highest BCUT2D eigenvalue weighted by Gasteiger charge is 2.28. The summed E-state index contributed by atoms with van der Waals surface area (Å²) < 4.78 is 32.5. The van der Waals surface area contributed by atoms with Gasteiger partial charge in [0.1, 0.15) is 17.0 Å². The third kappa shape index (κ3) is 4.40. The fraction of sp³-hybridized carbons (Fsp3) is 0.304. The zero-order valence-electron chi connectivity index (χ0n) is 17.5. The van der Waals surface area contributed by atoms with E-state index in [1.807, 2.05) is 30.3 Å². The number of hydrogen-bond acceptors (Lipinski definition) is 5. The molecule has 1 aliphatic rings. The molecule has 8 heteroatoms. The molecule has 0 spiro atoms. The van der Waals surface area contributed by atoms with Crippen LogP contribution in [0.25, 0.3) is 11.3 Å². The van der Waals surface area contributed by atoms with Crippen LogP contribution in [0.2, 0.25) is 0 Å². The summed E-state index contributed by atoms with van der Waals surface area (Å²) in [6, 6.07) is 15.6. The van der Waals surface area contributed by atoms with Crippen molar-refractivity contribution in [2.45, 2.75) is 31.6 Å². The third-order valence-corrected chi connectivity index (χ3v) is 7.54. The van der Waals surface area contributed by atoms with Crippen LogP contribution in [0, 0.1) is 12.8 Å². The van der Waals surface area contributed by atoms with Crippen molar-refractivity contribution < 1.29 is 17.7 Å². The fourth-order valence-corrected chi connectivity index (χ4v) is 5.18. The Labute approximate surface area is 182 Å². The molecule has 1 amide bonds. The quantitative estimate of drug-likeness (QED) is 0.639. The van der Waals surface area contributed by atoms with E-state index in [2.05, 4.69) is 17.4 Å². The molecule has 162 valence electrons. The molecule has 2 aromatic carbocycles. The third-order valence-electron chi connectivity index (χ3n) is 5.63. The van der Waals surface area contributed by atoms with E-state index in [9.17, 15) is 13.2 Å². The van der Waals surface area contributed by atoms with Gasteiger partial charge in [0, 0.05) is 24.3 Å². The summed E-state index contributed by atoms with van der Waals surface area (Å²) in [5.74, 6) is 0.596. The summed E-state index contributed by atoms with van der Waals surface area (Å²) in [5.41, 5.74) is 2.09. The van der Waals surface area contributed by atoms with Gasteiger partial charge in [0.05, 0.1) is 4.90 Å². The summed E-state index contributed by atoms with van der Waals surface area (Å²) in [5, 5.41) is 6.84. The predicted molar refractivity (Wildman–Crippen MR) is 118 cm³/mol. The van der Waals surface area contributed by atoms with Crippen LogP contribution in [0.5, 0.6) is 0 Å². The van der Waals surface area contributed by atoms with E-state index in [1.54, 1.807) is 19.1 Å². The van der Waals surface area contributed by atoms with Crippen LogP contribution in [0.15, 0.2) is 64.0 Å². The molecule has 0 atom stereocenters. The number of piperidine rings is 1. The fourth-order valence-electron chi connectivity index (χ4n) is 3.71. The van der Waals surface area contributed by atoms with Crippen molar-refractivity contribution >= 4 is 21.6 Å². The van der Waals surface area contributed by atoms with Crippen molar-refractivity contribution in [3.8, 4) is 11.3 Å². The summed E-state index contributed by atoms with van der Waals surface area (Å²) in [6.45, 7) is 4.90. The highest BCUT2D eigenvalue weighted by atomic mass is 32.2. The first-order chi connectivity index (χ1) is 14.9. The van der Waals surface area contributed by atoms with Gasteiger partial charge in [-0.2, -0.15) is 4.31 Å². The largest absolute Gasteiger partial charge is 0.360 e. The van der Waals surface area contributed by atoms with Crippen LogP contribution in [0.4, 0.5) is 5.69 Å². The lowest BCUT2D eigenvalue weighted by Gasteiger charge is -2.29. The van der Waals surface area contributed by atoms with E-state index in [1.165, 1.54) is 16.4 Å². The molecular formula is C23H25N3O4S. The molecule has 0 unspecified atom stereocenters. The van der Waals surface area contributed by atoms with Gasteiger partial charge in [-0.25, -0.2) is 8.42 Å². The van der Waals surface area contributed by atoms with Crippen LogP contribution in [0.1, 0.15) is 35.9 Å². The van der Waals surface area contributed by atoms with Gasteiger partial charge in [0.2, 0.25) is 10.0 Å². The Bertz CT molecular complexity index is 1160. The van der Waals surface area contributed by atoms with Crippen LogP contribution in [-0.2, 0) is 10.0 Å². The minimum absolute atomic E-state index is 0.228. The van der Waals surface area contributed by atoms with Gasteiger partial charge in [-0.15, -0.1) is 0 Å². The predicted octanol–water partition coefficient (Wildman–Crippen LogP) is 4.32. The molecule has 0 aliphatic carbocycles. The van der Waals surface area contributed by atoms with E-state index < -0.39 is 10.0 Å². The highest BCUT2D eigenvalue weighted by Crippen LogP contribution is 2.27. The number of benzene rings is 2. The average Bonchev–Trinajstić information content (AvgIpc) is 3.16. The zero-order chi connectivity index (χ0) is 22.0. The SMILES string of the molecule is Cc1onc(-c2ccccc2)c1C(=O)Nc1ccc(S(=O)(=O)N2CCC(C)CC2)cc1. The second-order valence-electron chi connectivity index (χ2n) is 7.89. The van der Waals surface area contributed by atoms with E-state index >= 15 is 0 Å². The number of amides is 1. The topological polar surface area (TPSA) is 92.5 Å². The van der Waals surface area contributed by atoms with Gasteiger partial charge in [-0.05, 0) is 49.9 Å². The standard InChI is InChI=1S/C23H25N3O4S/c1-16-12-14-26(15-13-16)31(28,29)20-10-8-19(9-11-20)24-23(27)21-17(2)30-25-22(21)18-6-4-3-5-7-18/h3-11,16H,12-15H2,1-2H3,(H,24,27). The first-order valence-corrected chi connectivity index (χ1v) is 11.7. The molecule has 1 N–H and O–H groups in total. The normalized spacial score (nSPS) is 15.7. The smallest absolute Gasteiger partial charge is 0.261 e. The number of rotatable bonds is 5. The minimum atomic E-state index is -3.53. The summed E-state index contributed by atoms with van der Waals surface area (Å²) in [4.78, 5) is 13.1. The maximum absolute atomic E-state index is 12.9. The van der Waals surface area contributed by atoms with E-state index in [4.69, 9.17) is 4.52 Å². The second-order valence-corrected chi connectivity index (χ2v) is 9.83. The summed E-state index contributed by atoms with van der Waals surface area (Å²) in [7, 11) is -3.53. The number of carbonyl (C=O) groups is 1. The van der Waals surface area contributed by atoms with Gasteiger partial charge in [0.25, 0.3) is 5.91 Å². The number of nitrogens with one attached hydrogen (secondary N) is 1. The van der Waals surface area contributed by atoms with E-state index in [0.717, 1.165) is 18.4 Å². The Morgan fingerprint density at radius 2 is 1.71 bits per heavy atom. The summed E-state index contributed by atoms with van der Waals surface area (Å²) >= 11 is 0. The first kappa shape index (κ1) is 21.3. The van der Waals surface area contributed by atoms with Crippen molar-refractivity contribution in [1.82, 2.24) is 9.46 Å². The molecule has 0 radical (unpaired) electrons. The van der Waals surface area contributed by atoms with Crippen molar-refractivity contribution in [2.75, 3.05) is 18.4 Å². The Kier molecular flexibility index (Phi) is 5.93. The van der Waals surface area contributed by atoms with Crippen molar-refractivity contribution in [2.24, 2.45) is 5.92 Å². The molecule has 7 nitrogen and oxygen atoms in total. The van der Waals surface area contributed by atoms with Crippen molar-refractivity contribution in [3.05, 3.63) is 65.9 Å². The molecule has 3 aromatic rings. The van der Waals surface area contributed by atoms with Gasteiger partial charge in [0.15, 0.2) is 0 Å². The van der Waals surface area contributed by atoms with Crippen LogP contribution >= 0.6 is 0 Å². The number of aromatic nitrogens is 1. The molecule has 1 aliphatic heterocycles. The van der Waals surface area contributed by atoms with E-state index in [0.29, 0.717) is 41.7 Å². The molecule has 0 bridgehead atoms. The molecule has 1 saturated heterocycles. The number of nitrogens with zero attached hydrogens (tertiary/aromatic N) is 2. The van der Waals surface area contributed by atoms with Crippen molar-refractivity contribution in [1.29, 1.82) is 0 Å². The van der Waals surface area contributed by atoms with Gasteiger partial charge >= 0.3 is 0 Å². The minimum Gasteiger partial charge on any atom is -0.360 e. The number of hydrogen-bond donors (Lipinski definition) is 1. The maximum atomic E-state index is 12.9. The number of aryl methyl sites for hydroxylation is 1. The van der Waals surface area contributed by atoms with E-state index in [-0.39, 0.29) is 10.8 Å². The lowest BCUT2D eigenvalue weighted by Crippen LogP contribution is -2.37. The second kappa shape index (κ2) is 8.64. The lowest BCUT2D eigenvalue weighted by molar-refractivity contribution is 0.102. The van der Waals surface area contributed by atoms with Crippen LogP contribution in [-0.4, -0.2) is 36.9 Å². The molecule has 4 rings (SSSR count). The maximum Gasteiger partial charge on any atom is 0.261 e. The van der Waals surface area contributed by atoms with Crippen molar-refractivity contribution in [3.63, 3.8) is 0 Å². The molecule has 1 fully saturated rings. The monoisotopic (exact) mass is 439 g/mol. The van der Waals surface area contributed by atoms with Gasteiger partial charge in [-0.1, -0.05) is 42.4 Å². The molecule has 0 saturated carbocycles. The van der Waals surface area contributed by atoms with Gasteiger partial charge in [-0.3, -0.25) is 4.79 Å².